The average molecular weight is 206 g/mol. The lowest BCUT2D eigenvalue weighted by atomic mass is 9.90. The first-order valence-corrected chi connectivity index (χ1v) is 5.81. The molecule has 0 aromatic heterocycles. The Kier molecular flexibility index (Phi) is 4.83. The third-order valence-corrected chi connectivity index (χ3v) is 3.10. The molecule has 1 nitrogen and oxygen atoms in total. The molecule has 0 saturated carbocycles. The highest BCUT2D eigenvalue weighted by Gasteiger charge is 2.13. The lowest BCUT2D eigenvalue weighted by molar-refractivity contribution is 0.134. The minimum absolute atomic E-state index is 0.204. The van der Waals surface area contributed by atoms with E-state index >= 15 is 0 Å². The zero-order valence-corrected chi connectivity index (χ0v) is 9.98. The zero-order valence-electron chi connectivity index (χ0n) is 9.98. The van der Waals surface area contributed by atoms with Crippen molar-refractivity contribution >= 4 is 0 Å². The molecule has 0 bridgehead atoms. The van der Waals surface area contributed by atoms with Crippen molar-refractivity contribution in [2.45, 2.75) is 39.7 Å². The maximum absolute atomic E-state index is 9.92. The second kappa shape index (κ2) is 5.92. The van der Waals surface area contributed by atoms with Gasteiger partial charge in [0.05, 0.1) is 6.10 Å². The number of rotatable bonds is 5. The van der Waals surface area contributed by atoms with E-state index in [0.29, 0.717) is 11.8 Å². The normalized spacial score (nSPS) is 15.3. The molecule has 0 aliphatic rings. The van der Waals surface area contributed by atoms with Crippen LogP contribution in [0.5, 0.6) is 0 Å². The molecule has 0 spiro atoms. The van der Waals surface area contributed by atoms with E-state index in [1.54, 1.807) is 0 Å². The van der Waals surface area contributed by atoms with E-state index in [2.05, 4.69) is 32.9 Å². The van der Waals surface area contributed by atoms with Crippen LogP contribution in [0.4, 0.5) is 0 Å². The Morgan fingerprint density at radius 1 is 1.07 bits per heavy atom. The van der Waals surface area contributed by atoms with E-state index in [1.165, 1.54) is 5.56 Å². The molecule has 0 heterocycles. The molecule has 1 heteroatoms. The molecule has 0 aliphatic heterocycles. The number of hydrogen-bond acceptors (Lipinski definition) is 1. The van der Waals surface area contributed by atoms with Gasteiger partial charge in [0.1, 0.15) is 0 Å². The van der Waals surface area contributed by atoms with Gasteiger partial charge >= 0.3 is 0 Å². The van der Waals surface area contributed by atoms with Gasteiger partial charge in [0, 0.05) is 0 Å². The average Bonchev–Trinajstić information content (AvgIpc) is 2.18. The third-order valence-electron chi connectivity index (χ3n) is 3.10. The molecule has 0 fully saturated rings. The molecule has 84 valence electrons. The Morgan fingerprint density at radius 3 is 2.20 bits per heavy atom. The van der Waals surface area contributed by atoms with E-state index < -0.39 is 0 Å². The van der Waals surface area contributed by atoms with Crippen LogP contribution in [0, 0.1) is 11.8 Å². The zero-order chi connectivity index (χ0) is 11.3. The van der Waals surface area contributed by atoms with Crippen LogP contribution in [-0.2, 0) is 6.42 Å². The molecule has 0 saturated heterocycles. The van der Waals surface area contributed by atoms with Gasteiger partial charge in [-0.15, -0.1) is 0 Å². The minimum atomic E-state index is -0.204. The molecule has 1 rings (SSSR count). The molecule has 1 aromatic rings. The lowest BCUT2D eigenvalue weighted by Crippen LogP contribution is -2.17. The summed E-state index contributed by atoms with van der Waals surface area (Å²) in [5.41, 5.74) is 1.22. The summed E-state index contributed by atoms with van der Waals surface area (Å²) in [6.45, 7) is 6.62. The fraction of sp³-hybridized carbons (Fsp3) is 0.571. The summed E-state index contributed by atoms with van der Waals surface area (Å²) in [7, 11) is 0. The van der Waals surface area contributed by atoms with Gasteiger partial charge in [-0.05, 0) is 30.2 Å². The molecule has 0 aliphatic carbocycles. The molecule has 0 radical (unpaired) electrons. The quantitative estimate of drug-likeness (QED) is 0.784. The highest BCUT2D eigenvalue weighted by molar-refractivity contribution is 5.15. The Morgan fingerprint density at radius 2 is 1.67 bits per heavy atom. The first kappa shape index (κ1) is 12.3. The SMILES string of the molecule is CC(C)C(C)CC(O)Cc1ccccc1. The fourth-order valence-corrected chi connectivity index (χ4v) is 1.67. The number of aliphatic hydroxyl groups is 1. The Hall–Kier alpha value is -0.820. The summed E-state index contributed by atoms with van der Waals surface area (Å²) in [5.74, 6) is 1.24. The van der Waals surface area contributed by atoms with Crippen molar-refractivity contribution in [3.8, 4) is 0 Å². The van der Waals surface area contributed by atoms with E-state index in [-0.39, 0.29) is 6.10 Å². The van der Waals surface area contributed by atoms with E-state index in [1.807, 2.05) is 18.2 Å². The molecular weight excluding hydrogens is 184 g/mol. The van der Waals surface area contributed by atoms with Gasteiger partial charge in [-0.3, -0.25) is 0 Å². The monoisotopic (exact) mass is 206 g/mol. The molecule has 15 heavy (non-hydrogen) atoms. The summed E-state index contributed by atoms with van der Waals surface area (Å²) >= 11 is 0. The highest BCUT2D eigenvalue weighted by Crippen LogP contribution is 2.18. The van der Waals surface area contributed by atoms with Crippen molar-refractivity contribution in [2.75, 3.05) is 0 Å². The van der Waals surface area contributed by atoms with Crippen LogP contribution >= 0.6 is 0 Å². The Balaban J connectivity index is 2.39. The van der Waals surface area contributed by atoms with Crippen molar-refractivity contribution in [2.24, 2.45) is 11.8 Å². The van der Waals surface area contributed by atoms with Gasteiger partial charge in [0.2, 0.25) is 0 Å². The van der Waals surface area contributed by atoms with Crippen LogP contribution in [0.15, 0.2) is 30.3 Å². The van der Waals surface area contributed by atoms with Crippen LogP contribution in [0.25, 0.3) is 0 Å². The summed E-state index contributed by atoms with van der Waals surface area (Å²) in [5, 5.41) is 9.92. The molecule has 0 amide bonds. The van der Waals surface area contributed by atoms with E-state index in [9.17, 15) is 5.11 Å². The molecule has 1 N–H and O–H groups in total. The van der Waals surface area contributed by atoms with Crippen LogP contribution in [0.3, 0.4) is 0 Å². The predicted molar refractivity (Wildman–Crippen MR) is 64.8 cm³/mol. The van der Waals surface area contributed by atoms with Gasteiger partial charge in [-0.2, -0.15) is 0 Å². The summed E-state index contributed by atoms with van der Waals surface area (Å²) < 4.78 is 0. The minimum Gasteiger partial charge on any atom is -0.393 e. The molecular formula is C14H22O. The lowest BCUT2D eigenvalue weighted by Gasteiger charge is -2.19. The third kappa shape index (κ3) is 4.48. The maximum Gasteiger partial charge on any atom is 0.0583 e. The van der Waals surface area contributed by atoms with Crippen molar-refractivity contribution in [1.29, 1.82) is 0 Å². The Labute approximate surface area is 93.1 Å². The van der Waals surface area contributed by atoms with Gasteiger partial charge in [0.25, 0.3) is 0 Å². The topological polar surface area (TPSA) is 20.2 Å². The first-order chi connectivity index (χ1) is 7.09. The van der Waals surface area contributed by atoms with Crippen molar-refractivity contribution in [1.82, 2.24) is 0 Å². The summed E-state index contributed by atoms with van der Waals surface area (Å²) in [4.78, 5) is 0. The van der Waals surface area contributed by atoms with E-state index in [4.69, 9.17) is 0 Å². The Bertz CT molecular complexity index is 266. The smallest absolute Gasteiger partial charge is 0.0583 e. The number of benzene rings is 1. The summed E-state index contributed by atoms with van der Waals surface area (Å²) in [6.07, 6.45) is 1.47. The number of hydrogen-bond donors (Lipinski definition) is 1. The van der Waals surface area contributed by atoms with Crippen LogP contribution in [-0.4, -0.2) is 11.2 Å². The highest BCUT2D eigenvalue weighted by atomic mass is 16.3. The number of aliphatic hydroxyl groups excluding tert-OH is 1. The molecule has 1 aromatic carbocycles. The van der Waals surface area contributed by atoms with Crippen LogP contribution in [0.1, 0.15) is 32.8 Å². The van der Waals surface area contributed by atoms with E-state index in [0.717, 1.165) is 12.8 Å². The van der Waals surface area contributed by atoms with Gasteiger partial charge in [-0.1, -0.05) is 51.1 Å². The molecule has 2 unspecified atom stereocenters. The fourth-order valence-electron chi connectivity index (χ4n) is 1.67. The second-order valence-electron chi connectivity index (χ2n) is 4.80. The van der Waals surface area contributed by atoms with Gasteiger partial charge in [-0.25, -0.2) is 0 Å². The van der Waals surface area contributed by atoms with Crippen LogP contribution in [0.2, 0.25) is 0 Å². The first-order valence-electron chi connectivity index (χ1n) is 5.81. The van der Waals surface area contributed by atoms with Gasteiger partial charge in [0.15, 0.2) is 0 Å². The molecule has 2 atom stereocenters. The van der Waals surface area contributed by atoms with Crippen molar-refractivity contribution in [3.63, 3.8) is 0 Å². The van der Waals surface area contributed by atoms with Crippen molar-refractivity contribution < 1.29 is 5.11 Å². The standard InChI is InChI=1S/C14H22O/c1-11(2)12(3)9-14(15)10-13-7-5-4-6-8-13/h4-8,11-12,14-15H,9-10H2,1-3H3. The van der Waals surface area contributed by atoms with Crippen molar-refractivity contribution in [3.05, 3.63) is 35.9 Å². The van der Waals surface area contributed by atoms with Crippen LogP contribution < -0.4 is 0 Å². The summed E-state index contributed by atoms with van der Waals surface area (Å²) in [6, 6.07) is 10.2. The predicted octanol–water partition coefficient (Wildman–Crippen LogP) is 3.27. The largest absolute Gasteiger partial charge is 0.393 e. The maximum atomic E-state index is 9.92. The van der Waals surface area contributed by atoms with Gasteiger partial charge < -0.3 is 5.11 Å². The second-order valence-corrected chi connectivity index (χ2v) is 4.80.